The van der Waals surface area contributed by atoms with Gasteiger partial charge in [0, 0.05) is 7.05 Å². The summed E-state index contributed by atoms with van der Waals surface area (Å²) in [5.41, 5.74) is 0. The van der Waals surface area contributed by atoms with Gasteiger partial charge in [-0.1, -0.05) is 0 Å². The van der Waals surface area contributed by atoms with Crippen molar-refractivity contribution < 1.29 is 14.3 Å². The average Bonchev–Trinajstić information content (AvgIpc) is 2.76. The monoisotopic (exact) mass is 181 g/mol. The molecule has 0 radical (unpaired) electrons. The largest absolute Gasteiger partial charge is 0.373 e. The number of likely N-dealkylation sites (tertiary alicyclic amines) is 1. The minimum absolute atomic E-state index is 0.0244. The predicted octanol–water partition coefficient (Wildman–Crippen LogP) is -0.221. The molecule has 0 N–H and O–H groups in total. The first-order valence-electron chi connectivity index (χ1n) is 4.67. The fourth-order valence-corrected chi connectivity index (χ4v) is 2.86. The normalized spacial score (nSPS) is 47.6. The summed E-state index contributed by atoms with van der Waals surface area (Å²) in [7, 11) is 1.57. The highest BCUT2D eigenvalue weighted by Gasteiger charge is 2.61. The zero-order chi connectivity index (χ0) is 9.16. The molecule has 0 unspecified atom stereocenters. The van der Waals surface area contributed by atoms with Crippen molar-refractivity contribution in [2.75, 3.05) is 7.05 Å². The Labute approximate surface area is 75.8 Å². The topological polar surface area (TPSA) is 46.6 Å². The summed E-state index contributed by atoms with van der Waals surface area (Å²) in [5, 5.41) is 0. The van der Waals surface area contributed by atoms with E-state index >= 15 is 0 Å². The first-order valence-corrected chi connectivity index (χ1v) is 4.67. The van der Waals surface area contributed by atoms with Gasteiger partial charge in [-0.3, -0.25) is 14.5 Å². The highest BCUT2D eigenvalue weighted by atomic mass is 16.5. The molecule has 0 aromatic carbocycles. The van der Waals surface area contributed by atoms with Gasteiger partial charge in [-0.15, -0.1) is 0 Å². The molecule has 3 aliphatic rings. The van der Waals surface area contributed by atoms with Gasteiger partial charge >= 0.3 is 0 Å². The Morgan fingerprint density at radius 3 is 2.08 bits per heavy atom. The minimum atomic E-state index is -0.156. The van der Waals surface area contributed by atoms with Crippen LogP contribution < -0.4 is 0 Å². The smallest absolute Gasteiger partial charge is 0.235 e. The van der Waals surface area contributed by atoms with Gasteiger partial charge in [0.05, 0.1) is 24.0 Å². The quantitative estimate of drug-likeness (QED) is 0.485. The van der Waals surface area contributed by atoms with E-state index in [-0.39, 0.29) is 35.9 Å². The van der Waals surface area contributed by atoms with Gasteiger partial charge in [0.25, 0.3) is 0 Å². The molecule has 13 heavy (non-hydrogen) atoms. The number of nitrogens with zero attached hydrogens (tertiary/aromatic N) is 1. The van der Waals surface area contributed by atoms with Crippen molar-refractivity contribution in [2.45, 2.75) is 25.0 Å². The lowest BCUT2D eigenvalue weighted by molar-refractivity contribution is -0.140. The van der Waals surface area contributed by atoms with E-state index in [1.165, 1.54) is 4.90 Å². The van der Waals surface area contributed by atoms with Crippen LogP contribution in [-0.4, -0.2) is 36.0 Å². The van der Waals surface area contributed by atoms with Crippen molar-refractivity contribution in [2.24, 2.45) is 11.8 Å². The molecule has 3 rings (SSSR count). The molecule has 0 aliphatic carbocycles. The number of carbonyl (C=O) groups is 2. The van der Waals surface area contributed by atoms with Crippen molar-refractivity contribution in [1.29, 1.82) is 0 Å². The second-order valence-corrected chi connectivity index (χ2v) is 4.08. The fraction of sp³-hybridized carbons (Fsp3) is 0.778. The first kappa shape index (κ1) is 7.50. The Kier molecular flexibility index (Phi) is 1.22. The minimum Gasteiger partial charge on any atom is -0.373 e. The van der Waals surface area contributed by atoms with Crippen LogP contribution >= 0.6 is 0 Å². The molecular weight excluding hydrogens is 170 g/mol. The third kappa shape index (κ3) is 0.705. The molecule has 0 saturated carbocycles. The van der Waals surface area contributed by atoms with Crippen molar-refractivity contribution >= 4 is 11.8 Å². The summed E-state index contributed by atoms with van der Waals surface area (Å²) in [5.74, 6) is -0.392. The lowest BCUT2D eigenvalue weighted by Gasteiger charge is -2.15. The van der Waals surface area contributed by atoms with Gasteiger partial charge in [0.1, 0.15) is 0 Å². The van der Waals surface area contributed by atoms with Gasteiger partial charge in [0.15, 0.2) is 0 Å². The maximum Gasteiger partial charge on any atom is 0.235 e. The Balaban J connectivity index is 2.03. The standard InChI is InChI=1S/C9H11NO3/c1-10-8(11)6-4-2-3-5(13-4)7(6)9(10)12/h4-7H,2-3H2,1H3/t4-,5-,6-,7+/m1/s1. The lowest BCUT2D eigenvalue weighted by atomic mass is 9.81. The molecule has 0 aromatic rings. The molecule has 0 spiro atoms. The van der Waals surface area contributed by atoms with Crippen molar-refractivity contribution in [1.82, 2.24) is 4.90 Å². The molecule has 4 heteroatoms. The summed E-state index contributed by atoms with van der Waals surface area (Å²) < 4.78 is 5.56. The van der Waals surface area contributed by atoms with Crippen molar-refractivity contribution in [3.05, 3.63) is 0 Å². The van der Waals surface area contributed by atoms with Crippen LogP contribution in [0.25, 0.3) is 0 Å². The maximum absolute atomic E-state index is 11.6. The van der Waals surface area contributed by atoms with Crippen LogP contribution in [0.4, 0.5) is 0 Å². The number of fused-ring (bicyclic) bond motifs is 5. The van der Waals surface area contributed by atoms with Gasteiger partial charge < -0.3 is 4.74 Å². The van der Waals surface area contributed by atoms with E-state index < -0.39 is 0 Å². The molecule has 3 fully saturated rings. The van der Waals surface area contributed by atoms with Crippen LogP contribution in [0, 0.1) is 11.8 Å². The summed E-state index contributed by atoms with van der Waals surface area (Å²) >= 11 is 0. The summed E-state index contributed by atoms with van der Waals surface area (Å²) in [6.07, 6.45) is 1.94. The number of ether oxygens (including phenoxy) is 1. The predicted molar refractivity (Wildman–Crippen MR) is 42.7 cm³/mol. The van der Waals surface area contributed by atoms with Crippen molar-refractivity contribution in [3.8, 4) is 0 Å². The highest BCUT2D eigenvalue weighted by Crippen LogP contribution is 2.47. The molecule has 2 amide bonds. The fourth-order valence-electron chi connectivity index (χ4n) is 2.86. The first-order chi connectivity index (χ1) is 6.20. The Bertz CT molecular complexity index is 273. The number of amides is 2. The molecule has 3 heterocycles. The van der Waals surface area contributed by atoms with Crippen LogP contribution in [-0.2, 0) is 14.3 Å². The second-order valence-electron chi connectivity index (χ2n) is 4.08. The molecular formula is C9H11NO3. The molecule has 70 valence electrons. The van der Waals surface area contributed by atoms with E-state index in [4.69, 9.17) is 4.74 Å². The summed E-state index contributed by atoms with van der Waals surface area (Å²) in [6.45, 7) is 0. The lowest BCUT2D eigenvalue weighted by Crippen LogP contribution is -2.30. The third-order valence-electron chi connectivity index (χ3n) is 3.50. The molecule has 4 nitrogen and oxygen atoms in total. The molecule has 2 bridgehead atoms. The van der Waals surface area contributed by atoms with Gasteiger partial charge in [-0.25, -0.2) is 0 Å². The zero-order valence-corrected chi connectivity index (χ0v) is 7.40. The number of hydrogen-bond acceptors (Lipinski definition) is 3. The Morgan fingerprint density at radius 1 is 1.15 bits per heavy atom. The van der Waals surface area contributed by atoms with Crippen LogP contribution in [0.15, 0.2) is 0 Å². The number of imide groups is 1. The van der Waals surface area contributed by atoms with E-state index in [1.807, 2.05) is 0 Å². The second kappa shape index (κ2) is 2.12. The van der Waals surface area contributed by atoms with Gasteiger partial charge in [-0.2, -0.15) is 0 Å². The van der Waals surface area contributed by atoms with E-state index in [9.17, 15) is 9.59 Å². The SMILES string of the molecule is CN1C(=O)[C@@H]2[C@H](C1=O)[C@H]1CC[C@H]2O1. The van der Waals surface area contributed by atoms with E-state index in [0.717, 1.165) is 12.8 Å². The van der Waals surface area contributed by atoms with E-state index in [2.05, 4.69) is 0 Å². The molecule has 4 atom stereocenters. The van der Waals surface area contributed by atoms with Crippen molar-refractivity contribution in [3.63, 3.8) is 0 Å². The van der Waals surface area contributed by atoms with E-state index in [1.54, 1.807) is 7.05 Å². The average molecular weight is 181 g/mol. The number of hydrogen-bond donors (Lipinski definition) is 0. The van der Waals surface area contributed by atoms with Crippen LogP contribution in [0.3, 0.4) is 0 Å². The molecule has 3 aliphatic heterocycles. The summed E-state index contributed by atoms with van der Waals surface area (Å²) in [6, 6.07) is 0. The number of rotatable bonds is 0. The Hall–Kier alpha value is -0.900. The zero-order valence-electron chi connectivity index (χ0n) is 7.40. The van der Waals surface area contributed by atoms with E-state index in [0.29, 0.717) is 0 Å². The van der Waals surface area contributed by atoms with Gasteiger partial charge in [0.2, 0.25) is 11.8 Å². The van der Waals surface area contributed by atoms with Crippen LogP contribution in [0.2, 0.25) is 0 Å². The van der Waals surface area contributed by atoms with Crippen LogP contribution in [0.1, 0.15) is 12.8 Å². The number of carbonyl (C=O) groups excluding carboxylic acids is 2. The molecule has 3 saturated heterocycles. The third-order valence-corrected chi connectivity index (χ3v) is 3.50. The molecule has 0 aromatic heterocycles. The highest BCUT2D eigenvalue weighted by molar-refractivity contribution is 6.06. The summed E-state index contributed by atoms with van der Waals surface area (Å²) in [4.78, 5) is 24.5. The van der Waals surface area contributed by atoms with Gasteiger partial charge in [-0.05, 0) is 12.8 Å². The Morgan fingerprint density at radius 2 is 1.62 bits per heavy atom. The van der Waals surface area contributed by atoms with Crippen LogP contribution in [0.5, 0.6) is 0 Å². The maximum atomic E-state index is 11.6.